The predicted molar refractivity (Wildman–Crippen MR) is 68.9 cm³/mol. The van der Waals surface area contributed by atoms with Gasteiger partial charge in [-0.15, -0.1) is 12.4 Å². The Kier molecular flexibility index (Phi) is 14.4. The van der Waals surface area contributed by atoms with E-state index < -0.39 is 0 Å². The van der Waals surface area contributed by atoms with E-state index in [0.717, 1.165) is 38.9 Å². The van der Waals surface area contributed by atoms with E-state index >= 15 is 0 Å². The van der Waals surface area contributed by atoms with E-state index in [1.54, 1.807) is 0 Å². The van der Waals surface area contributed by atoms with Crippen molar-refractivity contribution in [1.82, 2.24) is 5.32 Å². The largest absolute Gasteiger partial charge is 0.382 e. The molecule has 0 heterocycles. The molecular formula is C11H25ClN2O2. The van der Waals surface area contributed by atoms with Crippen LogP contribution in [0.25, 0.3) is 0 Å². The Labute approximate surface area is 105 Å². The van der Waals surface area contributed by atoms with E-state index in [1.165, 1.54) is 0 Å². The van der Waals surface area contributed by atoms with Crippen LogP contribution >= 0.6 is 12.4 Å². The summed E-state index contributed by atoms with van der Waals surface area (Å²) in [7, 11) is 0. The summed E-state index contributed by atoms with van der Waals surface area (Å²) in [5.74, 6) is -0.0340. The SMILES string of the molecule is CCCC(N)C(=O)NCCCCOCC.Cl. The van der Waals surface area contributed by atoms with Crippen LogP contribution in [0.15, 0.2) is 0 Å². The first-order valence-corrected chi connectivity index (χ1v) is 5.83. The number of hydrogen-bond acceptors (Lipinski definition) is 3. The average molecular weight is 253 g/mol. The molecule has 3 N–H and O–H groups in total. The third kappa shape index (κ3) is 10.2. The van der Waals surface area contributed by atoms with Crippen molar-refractivity contribution in [1.29, 1.82) is 0 Å². The summed E-state index contributed by atoms with van der Waals surface area (Å²) in [6.07, 6.45) is 3.63. The van der Waals surface area contributed by atoms with Gasteiger partial charge in [0.15, 0.2) is 0 Å². The molecular weight excluding hydrogens is 228 g/mol. The summed E-state index contributed by atoms with van der Waals surface area (Å²) in [6.45, 7) is 6.23. The van der Waals surface area contributed by atoms with Crippen molar-refractivity contribution in [2.75, 3.05) is 19.8 Å². The zero-order valence-electron chi connectivity index (χ0n) is 10.3. The van der Waals surface area contributed by atoms with E-state index in [1.807, 2.05) is 13.8 Å². The maximum Gasteiger partial charge on any atom is 0.236 e. The van der Waals surface area contributed by atoms with Gasteiger partial charge in [0, 0.05) is 19.8 Å². The zero-order chi connectivity index (χ0) is 11.5. The summed E-state index contributed by atoms with van der Waals surface area (Å²) >= 11 is 0. The first kappa shape index (κ1) is 18.1. The number of halogens is 1. The monoisotopic (exact) mass is 252 g/mol. The third-order valence-electron chi connectivity index (χ3n) is 2.16. The minimum Gasteiger partial charge on any atom is -0.382 e. The topological polar surface area (TPSA) is 64.4 Å². The zero-order valence-corrected chi connectivity index (χ0v) is 11.1. The van der Waals surface area contributed by atoms with Crippen LogP contribution < -0.4 is 11.1 Å². The van der Waals surface area contributed by atoms with E-state index in [2.05, 4.69) is 5.32 Å². The van der Waals surface area contributed by atoms with Gasteiger partial charge in [0.1, 0.15) is 0 Å². The fraction of sp³-hybridized carbons (Fsp3) is 0.909. The first-order valence-electron chi connectivity index (χ1n) is 5.83. The molecule has 1 amide bonds. The second kappa shape index (κ2) is 12.7. The molecule has 0 saturated carbocycles. The van der Waals surface area contributed by atoms with Gasteiger partial charge in [-0.05, 0) is 26.2 Å². The summed E-state index contributed by atoms with van der Waals surface area (Å²) in [6, 6.07) is -0.345. The highest BCUT2D eigenvalue weighted by Gasteiger charge is 2.10. The summed E-state index contributed by atoms with van der Waals surface area (Å²) in [5.41, 5.74) is 5.65. The molecule has 1 atom stereocenters. The van der Waals surface area contributed by atoms with Gasteiger partial charge in [0.25, 0.3) is 0 Å². The lowest BCUT2D eigenvalue weighted by molar-refractivity contribution is -0.122. The van der Waals surface area contributed by atoms with Gasteiger partial charge in [0.2, 0.25) is 5.91 Å². The van der Waals surface area contributed by atoms with Crippen LogP contribution in [-0.2, 0) is 9.53 Å². The quantitative estimate of drug-likeness (QED) is 0.611. The normalized spacial score (nSPS) is 11.7. The number of carbonyl (C=O) groups is 1. The molecule has 0 aliphatic rings. The van der Waals surface area contributed by atoms with Gasteiger partial charge in [-0.1, -0.05) is 13.3 Å². The highest BCUT2D eigenvalue weighted by molar-refractivity contribution is 5.85. The molecule has 98 valence electrons. The smallest absolute Gasteiger partial charge is 0.236 e. The molecule has 0 aromatic carbocycles. The first-order chi connectivity index (χ1) is 7.22. The molecule has 0 spiro atoms. The number of hydrogen-bond donors (Lipinski definition) is 2. The Hall–Kier alpha value is -0.320. The Morgan fingerprint density at radius 1 is 1.38 bits per heavy atom. The molecule has 0 aromatic rings. The average Bonchev–Trinajstić information content (AvgIpc) is 2.23. The van der Waals surface area contributed by atoms with Crippen LogP contribution in [-0.4, -0.2) is 31.7 Å². The standard InChI is InChI=1S/C11H24N2O2.ClH/c1-3-7-10(12)11(14)13-8-5-6-9-15-4-2;/h10H,3-9,12H2,1-2H3,(H,13,14);1H. The number of ether oxygens (including phenoxy) is 1. The number of carbonyl (C=O) groups excluding carboxylic acids is 1. The molecule has 5 heteroatoms. The molecule has 0 aliphatic heterocycles. The molecule has 0 rings (SSSR count). The molecule has 0 bridgehead atoms. The maximum absolute atomic E-state index is 11.4. The second-order valence-electron chi connectivity index (χ2n) is 3.59. The van der Waals surface area contributed by atoms with Crippen molar-refractivity contribution in [3.8, 4) is 0 Å². The van der Waals surface area contributed by atoms with Crippen LogP contribution in [0.1, 0.15) is 39.5 Å². The van der Waals surface area contributed by atoms with Crippen molar-refractivity contribution in [2.24, 2.45) is 5.73 Å². The Bertz CT molecular complexity index is 168. The van der Waals surface area contributed by atoms with Crippen LogP contribution in [0.4, 0.5) is 0 Å². The molecule has 16 heavy (non-hydrogen) atoms. The van der Waals surface area contributed by atoms with Crippen LogP contribution in [0.2, 0.25) is 0 Å². The highest BCUT2D eigenvalue weighted by Crippen LogP contribution is 1.93. The minimum atomic E-state index is -0.345. The van der Waals surface area contributed by atoms with Gasteiger partial charge in [-0.2, -0.15) is 0 Å². The van der Waals surface area contributed by atoms with E-state index in [9.17, 15) is 4.79 Å². The van der Waals surface area contributed by atoms with Gasteiger partial charge in [-0.3, -0.25) is 4.79 Å². The van der Waals surface area contributed by atoms with E-state index in [-0.39, 0.29) is 24.4 Å². The van der Waals surface area contributed by atoms with Crippen molar-refractivity contribution >= 4 is 18.3 Å². The Morgan fingerprint density at radius 2 is 2.06 bits per heavy atom. The molecule has 4 nitrogen and oxygen atoms in total. The summed E-state index contributed by atoms with van der Waals surface area (Å²) in [5, 5.41) is 2.82. The summed E-state index contributed by atoms with van der Waals surface area (Å²) < 4.78 is 5.19. The molecule has 0 aliphatic carbocycles. The fourth-order valence-electron chi connectivity index (χ4n) is 1.26. The van der Waals surface area contributed by atoms with Crippen LogP contribution in [0.3, 0.4) is 0 Å². The lowest BCUT2D eigenvalue weighted by atomic mass is 10.1. The van der Waals surface area contributed by atoms with Crippen molar-refractivity contribution in [3.05, 3.63) is 0 Å². The fourth-order valence-corrected chi connectivity index (χ4v) is 1.26. The molecule has 0 radical (unpaired) electrons. The van der Waals surface area contributed by atoms with Gasteiger partial charge < -0.3 is 15.8 Å². The van der Waals surface area contributed by atoms with Crippen molar-refractivity contribution < 1.29 is 9.53 Å². The molecule has 0 aromatic heterocycles. The lowest BCUT2D eigenvalue weighted by Crippen LogP contribution is -2.40. The molecule has 0 fully saturated rings. The van der Waals surface area contributed by atoms with Crippen molar-refractivity contribution in [2.45, 2.75) is 45.6 Å². The number of nitrogens with one attached hydrogen (secondary N) is 1. The molecule has 0 saturated heterocycles. The van der Waals surface area contributed by atoms with E-state index in [4.69, 9.17) is 10.5 Å². The number of nitrogens with two attached hydrogens (primary N) is 1. The third-order valence-corrected chi connectivity index (χ3v) is 2.16. The number of amides is 1. The highest BCUT2D eigenvalue weighted by atomic mass is 35.5. The van der Waals surface area contributed by atoms with Crippen LogP contribution in [0.5, 0.6) is 0 Å². The Balaban J connectivity index is 0. The van der Waals surface area contributed by atoms with Gasteiger partial charge in [0.05, 0.1) is 6.04 Å². The lowest BCUT2D eigenvalue weighted by Gasteiger charge is -2.10. The van der Waals surface area contributed by atoms with Crippen LogP contribution in [0, 0.1) is 0 Å². The number of rotatable bonds is 9. The Morgan fingerprint density at radius 3 is 2.62 bits per heavy atom. The molecule has 1 unspecified atom stereocenters. The second-order valence-corrected chi connectivity index (χ2v) is 3.59. The van der Waals surface area contributed by atoms with Gasteiger partial charge in [-0.25, -0.2) is 0 Å². The van der Waals surface area contributed by atoms with Crippen molar-refractivity contribution in [3.63, 3.8) is 0 Å². The van der Waals surface area contributed by atoms with Gasteiger partial charge >= 0.3 is 0 Å². The number of unbranched alkanes of at least 4 members (excludes halogenated alkanes) is 1. The maximum atomic E-state index is 11.4. The predicted octanol–water partition coefficient (Wildman–Crippen LogP) is 1.47. The summed E-state index contributed by atoms with van der Waals surface area (Å²) in [4.78, 5) is 11.4. The minimum absolute atomic E-state index is 0. The van der Waals surface area contributed by atoms with E-state index in [0.29, 0.717) is 6.54 Å².